The van der Waals surface area contributed by atoms with Gasteiger partial charge in [0.15, 0.2) is 11.0 Å². The van der Waals surface area contributed by atoms with Crippen LogP contribution in [-0.2, 0) is 12.3 Å². The largest absolute Gasteiger partial charge is 0.298 e. The summed E-state index contributed by atoms with van der Waals surface area (Å²) in [5.41, 5.74) is 1.56. The monoisotopic (exact) mass is 404 g/mol. The van der Waals surface area contributed by atoms with E-state index in [1.807, 2.05) is 22.8 Å². The molecule has 24 heavy (non-hydrogen) atoms. The maximum absolute atomic E-state index is 14.0. The summed E-state index contributed by atoms with van der Waals surface area (Å²) in [5, 5.41) is 9.24. The summed E-state index contributed by atoms with van der Waals surface area (Å²) in [6.07, 6.45) is 5.22. The van der Waals surface area contributed by atoms with Crippen LogP contribution in [-0.4, -0.2) is 19.7 Å². The van der Waals surface area contributed by atoms with E-state index in [0.29, 0.717) is 17.9 Å². The highest BCUT2D eigenvalue weighted by molar-refractivity contribution is 9.10. The summed E-state index contributed by atoms with van der Waals surface area (Å²) in [7, 11) is 0. The van der Waals surface area contributed by atoms with Crippen LogP contribution in [0.15, 0.2) is 65.0 Å². The minimum absolute atomic E-state index is 0.235. The van der Waals surface area contributed by atoms with Crippen molar-refractivity contribution in [1.82, 2.24) is 19.7 Å². The first-order valence-corrected chi connectivity index (χ1v) is 8.98. The van der Waals surface area contributed by atoms with Crippen LogP contribution in [0, 0.1) is 5.82 Å². The molecule has 7 heteroatoms. The molecule has 0 fully saturated rings. The minimum atomic E-state index is -0.235. The van der Waals surface area contributed by atoms with Crippen molar-refractivity contribution in [1.29, 1.82) is 0 Å². The van der Waals surface area contributed by atoms with Crippen molar-refractivity contribution in [3.8, 4) is 11.4 Å². The molecule has 0 N–H and O–H groups in total. The van der Waals surface area contributed by atoms with E-state index in [1.54, 1.807) is 24.5 Å². The fraction of sp³-hybridized carbons (Fsp3) is 0.118. The Kier molecular flexibility index (Phi) is 5.42. The predicted octanol–water partition coefficient (Wildman–Crippen LogP) is 4.72. The molecule has 0 amide bonds. The van der Waals surface area contributed by atoms with Crippen LogP contribution in [0.5, 0.6) is 0 Å². The molecule has 0 aliphatic carbocycles. The molecule has 3 rings (SSSR count). The molecule has 0 bridgehead atoms. The number of benzene rings is 1. The van der Waals surface area contributed by atoms with E-state index >= 15 is 0 Å². The lowest BCUT2D eigenvalue weighted by molar-refractivity contribution is 0.616. The second-order valence-corrected chi connectivity index (χ2v) is 6.82. The van der Waals surface area contributed by atoms with E-state index in [9.17, 15) is 4.39 Å². The van der Waals surface area contributed by atoms with Gasteiger partial charge in [0.2, 0.25) is 0 Å². The Hall–Kier alpha value is -1.99. The Balaban J connectivity index is 1.85. The van der Waals surface area contributed by atoms with E-state index in [2.05, 4.69) is 37.7 Å². The summed E-state index contributed by atoms with van der Waals surface area (Å²) in [6, 6.07) is 8.83. The molecule has 0 aliphatic rings. The molecule has 2 heterocycles. The van der Waals surface area contributed by atoms with Gasteiger partial charge in [0.05, 0.1) is 0 Å². The molecule has 1 aromatic carbocycles. The summed E-state index contributed by atoms with van der Waals surface area (Å²) in [6.45, 7) is 4.37. The topological polar surface area (TPSA) is 43.6 Å². The van der Waals surface area contributed by atoms with Gasteiger partial charge in [-0.05, 0) is 29.8 Å². The van der Waals surface area contributed by atoms with Crippen molar-refractivity contribution >= 4 is 27.7 Å². The van der Waals surface area contributed by atoms with E-state index < -0.39 is 0 Å². The third kappa shape index (κ3) is 3.73. The number of aromatic nitrogens is 4. The van der Waals surface area contributed by atoms with Gasteiger partial charge in [0.1, 0.15) is 5.82 Å². The van der Waals surface area contributed by atoms with Gasteiger partial charge >= 0.3 is 0 Å². The van der Waals surface area contributed by atoms with Gasteiger partial charge < -0.3 is 0 Å². The normalized spacial score (nSPS) is 10.8. The predicted molar refractivity (Wildman–Crippen MR) is 97.1 cm³/mol. The SMILES string of the molecule is C=CCn1c(SCc2ccc(Br)cc2F)nnc1-c1ccncc1. The van der Waals surface area contributed by atoms with Gasteiger partial charge in [-0.3, -0.25) is 9.55 Å². The van der Waals surface area contributed by atoms with Crippen molar-refractivity contribution in [2.24, 2.45) is 0 Å². The molecule has 122 valence electrons. The zero-order valence-electron chi connectivity index (χ0n) is 12.7. The quantitative estimate of drug-likeness (QED) is 0.440. The molecule has 3 aromatic rings. The molecule has 0 spiro atoms. The highest BCUT2D eigenvalue weighted by Crippen LogP contribution is 2.27. The van der Waals surface area contributed by atoms with E-state index in [1.165, 1.54) is 17.8 Å². The second kappa shape index (κ2) is 7.72. The highest BCUT2D eigenvalue weighted by Gasteiger charge is 2.14. The van der Waals surface area contributed by atoms with Crippen LogP contribution < -0.4 is 0 Å². The van der Waals surface area contributed by atoms with Crippen LogP contribution in [0.4, 0.5) is 4.39 Å². The van der Waals surface area contributed by atoms with Crippen molar-refractivity contribution < 1.29 is 4.39 Å². The van der Waals surface area contributed by atoms with E-state index in [0.717, 1.165) is 21.0 Å². The number of nitrogens with zero attached hydrogens (tertiary/aromatic N) is 4. The molecule has 0 saturated heterocycles. The molecular formula is C17H14BrFN4S. The van der Waals surface area contributed by atoms with Gasteiger partial charge in [0, 0.05) is 34.7 Å². The second-order valence-electron chi connectivity index (χ2n) is 4.97. The number of rotatable bonds is 6. The molecule has 0 aliphatic heterocycles. The van der Waals surface area contributed by atoms with Gasteiger partial charge in [0.25, 0.3) is 0 Å². The average molecular weight is 405 g/mol. The summed E-state index contributed by atoms with van der Waals surface area (Å²) in [4.78, 5) is 4.02. The molecule has 0 unspecified atom stereocenters. The number of halogens is 2. The lowest BCUT2D eigenvalue weighted by Gasteiger charge is -2.08. The fourth-order valence-electron chi connectivity index (χ4n) is 2.18. The van der Waals surface area contributed by atoms with Gasteiger partial charge in [-0.15, -0.1) is 16.8 Å². The van der Waals surface area contributed by atoms with Crippen LogP contribution in [0.3, 0.4) is 0 Å². The molecular weight excluding hydrogens is 391 g/mol. The summed E-state index contributed by atoms with van der Waals surface area (Å²) in [5.74, 6) is 0.988. The van der Waals surface area contributed by atoms with Crippen molar-refractivity contribution in [3.05, 3.63) is 71.2 Å². The third-order valence-electron chi connectivity index (χ3n) is 3.34. The van der Waals surface area contributed by atoms with Crippen LogP contribution in [0.25, 0.3) is 11.4 Å². The Morgan fingerprint density at radius 3 is 2.71 bits per heavy atom. The Bertz CT molecular complexity index is 851. The first kappa shape index (κ1) is 16.9. The number of allylic oxidation sites excluding steroid dienone is 1. The van der Waals surface area contributed by atoms with Crippen molar-refractivity contribution in [2.75, 3.05) is 0 Å². The third-order valence-corrected chi connectivity index (χ3v) is 4.85. The number of hydrogen-bond donors (Lipinski definition) is 0. The van der Waals surface area contributed by atoms with E-state index in [-0.39, 0.29) is 5.82 Å². The standard InChI is InChI=1S/C17H14BrFN4S/c1-2-9-23-16(12-5-7-20-8-6-12)21-22-17(23)24-11-13-3-4-14(18)10-15(13)19/h2-8,10H,1,9,11H2. The zero-order chi connectivity index (χ0) is 16.9. The zero-order valence-corrected chi connectivity index (χ0v) is 15.1. The van der Waals surface area contributed by atoms with Gasteiger partial charge in [-0.1, -0.05) is 39.8 Å². The molecule has 4 nitrogen and oxygen atoms in total. The van der Waals surface area contributed by atoms with Crippen molar-refractivity contribution in [2.45, 2.75) is 17.5 Å². The van der Waals surface area contributed by atoms with Gasteiger partial charge in [-0.2, -0.15) is 0 Å². The fourth-order valence-corrected chi connectivity index (χ4v) is 3.45. The summed E-state index contributed by atoms with van der Waals surface area (Å²) < 4.78 is 16.7. The lowest BCUT2D eigenvalue weighted by Crippen LogP contribution is -2.01. The summed E-state index contributed by atoms with van der Waals surface area (Å²) >= 11 is 4.71. The molecule has 2 aromatic heterocycles. The molecule has 0 radical (unpaired) electrons. The van der Waals surface area contributed by atoms with Crippen LogP contribution in [0.2, 0.25) is 0 Å². The Morgan fingerprint density at radius 2 is 2.00 bits per heavy atom. The molecule has 0 saturated carbocycles. The maximum atomic E-state index is 14.0. The van der Waals surface area contributed by atoms with Crippen LogP contribution in [0.1, 0.15) is 5.56 Å². The van der Waals surface area contributed by atoms with Crippen LogP contribution >= 0.6 is 27.7 Å². The molecule has 0 atom stereocenters. The Morgan fingerprint density at radius 1 is 1.21 bits per heavy atom. The maximum Gasteiger partial charge on any atom is 0.192 e. The number of hydrogen-bond acceptors (Lipinski definition) is 4. The average Bonchev–Trinajstić information content (AvgIpc) is 2.98. The minimum Gasteiger partial charge on any atom is -0.298 e. The van der Waals surface area contributed by atoms with Gasteiger partial charge in [-0.25, -0.2) is 4.39 Å². The smallest absolute Gasteiger partial charge is 0.192 e. The first-order chi connectivity index (χ1) is 11.7. The Labute approximate surface area is 152 Å². The van der Waals surface area contributed by atoms with Crippen molar-refractivity contribution in [3.63, 3.8) is 0 Å². The highest BCUT2D eigenvalue weighted by atomic mass is 79.9. The number of thioether (sulfide) groups is 1. The first-order valence-electron chi connectivity index (χ1n) is 7.20. The number of pyridine rings is 1. The lowest BCUT2D eigenvalue weighted by atomic mass is 10.2. The van der Waals surface area contributed by atoms with E-state index in [4.69, 9.17) is 0 Å².